The molecule has 24 heavy (non-hydrogen) atoms. The Morgan fingerprint density at radius 2 is 2.08 bits per heavy atom. The Labute approximate surface area is 150 Å². The smallest absolute Gasteiger partial charge is 0.238 e. The van der Waals surface area contributed by atoms with E-state index in [1.165, 1.54) is 11.8 Å². The molecule has 134 valence electrons. The van der Waals surface area contributed by atoms with Gasteiger partial charge in [0.2, 0.25) is 11.8 Å². The van der Waals surface area contributed by atoms with Gasteiger partial charge in [-0.2, -0.15) is 4.98 Å². The molecule has 8 nitrogen and oxygen atoms in total. The molecule has 0 aliphatic rings. The van der Waals surface area contributed by atoms with Gasteiger partial charge in [-0.05, 0) is 27.8 Å². The molecule has 2 aromatic rings. The summed E-state index contributed by atoms with van der Waals surface area (Å²) in [5.41, 5.74) is 0. The Balaban J connectivity index is 0.00000288. The number of nitrogens with zero attached hydrogens (tertiary/aromatic N) is 3. The van der Waals surface area contributed by atoms with Gasteiger partial charge in [-0.15, -0.1) is 24.2 Å². The first-order chi connectivity index (χ1) is 11.0. The Morgan fingerprint density at radius 3 is 2.71 bits per heavy atom. The van der Waals surface area contributed by atoms with Crippen molar-refractivity contribution in [2.75, 3.05) is 12.4 Å². The van der Waals surface area contributed by atoms with Gasteiger partial charge in [0.25, 0.3) is 0 Å². The third-order valence-corrected chi connectivity index (χ3v) is 4.32. The van der Waals surface area contributed by atoms with Crippen LogP contribution in [0.15, 0.2) is 15.1 Å². The van der Waals surface area contributed by atoms with Gasteiger partial charge in [0.1, 0.15) is 5.76 Å². The minimum Gasteiger partial charge on any atom is -0.360 e. The summed E-state index contributed by atoms with van der Waals surface area (Å²) < 4.78 is 10.1. The van der Waals surface area contributed by atoms with E-state index in [2.05, 4.69) is 25.9 Å². The second-order valence-corrected chi connectivity index (χ2v) is 6.59. The molecule has 2 N–H and O–H groups in total. The van der Waals surface area contributed by atoms with E-state index in [0.717, 1.165) is 0 Å². The van der Waals surface area contributed by atoms with E-state index in [4.69, 9.17) is 9.05 Å². The fourth-order valence-corrected chi connectivity index (χ4v) is 2.45. The molecule has 0 saturated heterocycles. The fraction of sp³-hybridized carbons (Fsp3) is 0.571. The fourth-order valence-electron chi connectivity index (χ4n) is 1.73. The number of halogens is 1. The molecule has 2 rings (SSSR count). The number of rotatable bonds is 8. The zero-order chi connectivity index (χ0) is 16.8. The van der Waals surface area contributed by atoms with E-state index in [9.17, 15) is 4.79 Å². The van der Waals surface area contributed by atoms with Gasteiger partial charge in [0, 0.05) is 18.5 Å². The van der Waals surface area contributed by atoms with Gasteiger partial charge in [0.05, 0.1) is 11.0 Å². The Morgan fingerprint density at radius 1 is 1.33 bits per heavy atom. The zero-order valence-electron chi connectivity index (χ0n) is 14.0. The van der Waals surface area contributed by atoms with Crippen LogP contribution in [0.25, 0.3) is 0 Å². The van der Waals surface area contributed by atoms with Gasteiger partial charge < -0.3 is 19.7 Å². The monoisotopic (exact) mass is 375 g/mol. The highest BCUT2D eigenvalue weighted by Gasteiger charge is 2.17. The van der Waals surface area contributed by atoms with E-state index >= 15 is 0 Å². The number of likely N-dealkylation sites (N-methyl/N-ethyl adjacent to an activating group) is 1. The zero-order valence-corrected chi connectivity index (χ0v) is 15.7. The second kappa shape index (κ2) is 9.65. The van der Waals surface area contributed by atoms with E-state index in [-0.39, 0.29) is 29.6 Å². The first-order valence-corrected chi connectivity index (χ1v) is 8.37. The molecule has 2 unspecified atom stereocenters. The van der Waals surface area contributed by atoms with Gasteiger partial charge >= 0.3 is 0 Å². The number of thioether (sulfide) groups is 1. The maximum absolute atomic E-state index is 12.0. The van der Waals surface area contributed by atoms with Crippen LogP contribution in [-0.2, 0) is 17.0 Å². The minimum absolute atomic E-state index is 0. The standard InChI is InChI=1S/C14H21N5O3S.ClH/c1-8(15-4)5-11-16-13(22-19-11)7-23-10(3)14(20)17-12-6-9(2)21-18-12;/h6,8,10,15H,5,7H2,1-4H3,(H,17,18,20);1H. The Hall–Kier alpha value is -1.58. The van der Waals surface area contributed by atoms with Gasteiger partial charge in [0.15, 0.2) is 11.6 Å². The molecule has 1 amide bonds. The van der Waals surface area contributed by atoms with Crippen molar-refractivity contribution >= 4 is 35.9 Å². The normalized spacial score (nSPS) is 13.2. The quantitative estimate of drug-likeness (QED) is 0.723. The van der Waals surface area contributed by atoms with Crippen LogP contribution in [0.3, 0.4) is 0 Å². The lowest BCUT2D eigenvalue weighted by Gasteiger charge is -2.08. The molecule has 0 saturated carbocycles. The molecule has 10 heteroatoms. The molecule has 0 fully saturated rings. The molecule has 0 bridgehead atoms. The number of carbonyl (C=O) groups is 1. The largest absolute Gasteiger partial charge is 0.360 e. The van der Waals surface area contributed by atoms with Gasteiger partial charge in [-0.3, -0.25) is 4.79 Å². The Kier molecular flexibility index (Phi) is 8.23. The van der Waals surface area contributed by atoms with E-state index in [1.807, 2.05) is 20.9 Å². The summed E-state index contributed by atoms with van der Waals surface area (Å²) >= 11 is 1.42. The summed E-state index contributed by atoms with van der Waals surface area (Å²) in [7, 11) is 1.89. The SMILES string of the molecule is CNC(C)Cc1noc(CSC(C)C(=O)Nc2cc(C)on2)n1.Cl. The van der Waals surface area contributed by atoms with Crippen molar-refractivity contribution in [1.82, 2.24) is 20.6 Å². The number of carbonyl (C=O) groups excluding carboxylic acids is 1. The van der Waals surface area contributed by atoms with Crippen molar-refractivity contribution in [2.45, 2.75) is 44.2 Å². The van der Waals surface area contributed by atoms with Crippen LogP contribution in [0, 0.1) is 6.92 Å². The number of nitrogens with one attached hydrogen (secondary N) is 2. The van der Waals surface area contributed by atoms with Crippen LogP contribution in [0.1, 0.15) is 31.3 Å². The van der Waals surface area contributed by atoms with E-state index < -0.39 is 0 Å². The highest BCUT2D eigenvalue weighted by molar-refractivity contribution is 7.99. The van der Waals surface area contributed by atoms with Crippen molar-refractivity contribution in [3.05, 3.63) is 23.5 Å². The molecule has 2 atom stereocenters. The summed E-state index contributed by atoms with van der Waals surface area (Å²) in [6.07, 6.45) is 0.701. The average molecular weight is 376 g/mol. The lowest BCUT2D eigenvalue weighted by Crippen LogP contribution is -2.24. The first kappa shape index (κ1) is 20.5. The predicted octanol–water partition coefficient (Wildman–Crippen LogP) is 2.20. The van der Waals surface area contributed by atoms with Crippen LogP contribution in [0.4, 0.5) is 5.82 Å². The lowest BCUT2D eigenvalue weighted by molar-refractivity contribution is -0.115. The minimum atomic E-state index is -0.279. The lowest BCUT2D eigenvalue weighted by atomic mass is 10.2. The van der Waals surface area contributed by atoms with Crippen LogP contribution >= 0.6 is 24.2 Å². The van der Waals surface area contributed by atoms with Crippen molar-refractivity contribution in [2.24, 2.45) is 0 Å². The maximum atomic E-state index is 12.0. The Bertz CT molecular complexity index is 648. The molecule has 2 aromatic heterocycles. The number of amides is 1. The summed E-state index contributed by atoms with van der Waals surface area (Å²) in [6, 6.07) is 1.95. The van der Waals surface area contributed by atoms with Crippen molar-refractivity contribution in [1.29, 1.82) is 0 Å². The van der Waals surface area contributed by atoms with Gasteiger partial charge in [-0.25, -0.2) is 0 Å². The molecular weight excluding hydrogens is 354 g/mol. The van der Waals surface area contributed by atoms with E-state index in [1.54, 1.807) is 13.0 Å². The molecule has 2 heterocycles. The average Bonchev–Trinajstić information content (AvgIpc) is 3.13. The number of aryl methyl sites for hydroxylation is 1. The van der Waals surface area contributed by atoms with Crippen molar-refractivity contribution in [3.8, 4) is 0 Å². The molecule has 0 aliphatic carbocycles. The van der Waals surface area contributed by atoms with Crippen LogP contribution in [-0.4, -0.2) is 39.5 Å². The topological polar surface area (TPSA) is 106 Å². The second-order valence-electron chi connectivity index (χ2n) is 5.26. The third kappa shape index (κ3) is 6.14. The van der Waals surface area contributed by atoms with Crippen LogP contribution in [0.5, 0.6) is 0 Å². The number of hydrogen-bond donors (Lipinski definition) is 2. The van der Waals surface area contributed by atoms with Gasteiger partial charge in [-0.1, -0.05) is 10.3 Å². The highest BCUT2D eigenvalue weighted by Crippen LogP contribution is 2.18. The summed E-state index contributed by atoms with van der Waals surface area (Å²) in [4.78, 5) is 16.4. The van der Waals surface area contributed by atoms with Crippen molar-refractivity contribution in [3.63, 3.8) is 0 Å². The maximum Gasteiger partial charge on any atom is 0.238 e. The summed E-state index contributed by atoms with van der Waals surface area (Å²) in [5, 5.41) is 13.2. The molecule has 0 radical (unpaired) electrons. The third-order valence-electron chi connectivity index (χ3n) is 3.20. The first-order valence-electron chi connectivity index (χ1n) is 7.32. The van der Waals surface area contributed by atoms with Crippen LogP contribution in [0.2, 0.25) is 0 Å². The predicted molar refractivity (Wildman–Crippen MR) is 94.4 cm³/mol. The summed E-state index contributed by atoms with van der Waals surface area (Å²) in [5.74, 6) is 2.58. The molecular formula is C14H22ClN5O3S. The number of anilines is 1. The number of aromatic nitrogens is 3. The molecule has 0 spiro atoms. The molecule has 0 aromatic carbocycles. The number of hydrogen-bond acceptors (Lipinski definition) is 8. The molecule has 0 aliphatic heterocycles. The van der Waals surface area contributed by atoms with Crippen LogP contribution < -0.4 is 10.6 Å². The van der Waals surface area contributed by atoms with Crippen molar-refractivity contribution < 1.29 is 13.8 Å². The van der Waals surface area contributed by atoms with E-state index in [0.29, 0.717) is 35.5 Å². The summed E-state index contributed by atoms with van der Waals surface area (Å²) in [6.45, 7) is 5.62. The highest BCUT2D eigenvalue weighted by atomic mass is 35.5.